The first-order valence-electron chi connectivity index (χ1n) is 9.30. The van der Waals surface area contributed by atoms with E-state index < -0.39 is 22.7 Å². The van der Waals surface area contributed by atoms with Crippen LogP contribution in [0, 0.1) is 11.7 Å². The maximum absolute atomic E-state index is 13.3. The molecule has 4 rings (SSSR count). The summed E-state index contributed by atoms with van der Waals surface area (Å²) in [5.74, 6) is -0.866. The number of nitrogens with zero attached hydrogens (tertiary/aromatic N) is 2. The lowest BCUT2D eigenvalue weighted by molar-refractivity contribution is -0.137. The Kier molecular flexibility index (Phi) is 5.23. The Labute approximate surface area is 175 Å². The van der Waals surface area contributed by atoms with Crippen LogP contribution in [0.15, 0.2) is 54.4 Å². The molecule has 0 radical (unpaired) electrons. The number of benzene rings is 2. The van der Waals surface area contributed by atoms with E-state index in [-0.39, 0.29) is 23.3 Å². The fourth-order valence-corrected chi connectivity index (χ4v) is 4.41. The van der Waals surface area contributed by atoms with Gasteiger partial charge in [0.25, 0.3) is 5.91 Å². The number of hydrogen-bond acceptors (Lipinski definition) is 3. The van der Waals surface area contributed by atoms with Crippen molar-refractivity contribution in [2.24, 2.45) is 5.92 Å². The minimum absolute atomic E-state index is 0.0430. The average Bonchev–Trinajstić information content (AvgIpc) is 3.02. The summed E-state index contributed by atoms with van der Waals surface area (Å²) in [4.78, 5) is 14.3. The van der Waals surface area contributed by atoms with E-state index in [9.17, 15) is 22.4 Å². The first-order chi connectivity index (χ1) is 14.2. The van der Waals surface area contributed by atoms with Crippen LogP contribution in [-0.2, 0) is 6.18 Å². The molecule has 1 saturated heterocycles. The van der Waals surface area contributed by atoms with Gasteiger partial charge < -0.3 is 10.3 Å². The van der Waals surface area contributed by atoms with Gasteiger partial charge in [-0.15, -0.1) is 0 Å². The SMILES string of the molecule is CN1NC2=CN(C(=O)c3cccc(C(F)(F)F)c3Cl)CCC2C1c1ccc(F)cc1. The molecule has 1 fully saturated rings. The third-order valence-electron chi connectivity index (χ3n) is 5.49. The summed E-state index contributed by atoms with van der Waals surface area (Å²) in [6.45, 7) is 0.326. The second-order valence-corrected chi connectivity index (χ2v) is 7.74. The van der Waals surface area contributed by atoms with Crippen molar-refractivity contribution >= 4 is 17.5 Å². The van der Waals surface area contributed by atoms with Crippen molar-refractivity contribution in [1.29, 1.82) is 0 Å². The van der Waals surface area contributed by atoms with Gasteiger partial charge in [-0.25, -0.2) is 9.40 Å². The van der Waals surface area contributed by atoms with Crippen LogP contribution in [0.25, 0.3) is 0 Å². The summed E-state index contributed by atoms with van der Waals surface area (Å²) in [6, 6.07) is 9.52. The number of nitrogens with one attached hydrogen (secondary N) is 1. The molecule has 1 N–H and O–H groups in total. The first-order valence-corrected chi connectivity index (χ1v) is 9.68. The number of carbonyl (C=O) groups excluding carboxylic acids is 1. The Hall–Kier alpha value is -2.58. The number of hydrogen-bond donors (Lipinski definition) is 1. The molecular formula is C21H18ClF4N3O. The number of fused-ring (bicyclic) bond motifs is 1. The van der Waals surface area contributed by atoms with Crippen molar-refractivity contribution in [3.63, 3.8) is 0 Å². The largest absolute Gasteiger partial charge is 0.417 e. The highest BCUT2D eigenvalue weighted by molar-refractivity contribution is 6.34. The predicted octanol–water partition coefficient (Wildman–Crippen LogP) is 4.99. The van der Waals surface area contributed by atoms with E-state index in [0.717, 1.165) is 17.3 Å². The Morgan fingerprint density at radius 1 is 1.17 bits per heavy atom. The molecular weight excluding hydrogens is 422 g/mol. The van der Waals surface area contributed by atoms with Gasteiger partial charge >= 0.3 is 6.18 Å². The highest BCUT2D eigenvalue weighted by atomic mass is 35.5. The lowest BCUT2D eigenvalue weighted by Crippen LogP contribution is -2.34. The van der Waals surface area contributed by atoms with Crippen LogP contribution < -0.4 is 5.43 Å². The Morgan fingerprint density at radius 2 is 1.87 bits per heavy atom. The predicted molar refractivity (Wildman–Crippen MR) is 104 cm³/mol. The first kappa shape index (κ1) is 20.7. The molecule has 0 aliphatic carbocycles. The Bertz CT molecular complexity index is 1010. The van der Waals surface area contributed by atoms with E-state index in [1.165, 1.54) is 29.2 Å². The molecule has 4 nitrogen and oxygen atoms in total. The van der Waals surface area contributed by atoms with E-state index >= 15 is 0 Å². The summed E-state index contributed by atoms with van der Waals surface area (Å²) >= 11 is 5.92. The summed E-state index contributed by atoms with van der Waals surface area (Å²) in [5.41, 5.74) is 3.68. The van der Waals surface area contributed by atoms with E-state index in [1.807, 2.05) is 12.1 Å². The molecule has 1 amide bonds. The Morgan fingerprint density at radius 3 is 2.53 bits per heavy atom. The lowest BCUT2D eigenvalue weighted by atomic mass is 9.87. The minimum atomic E-state index is -4.64. The molecule has 2 unspecified atom stereocenters. The molecule has 2 aromatic rings. The van der Waals surface area contributed by atoms with Gasteiger partial charge in [0.1, 0.15) is 5.82 Å². The van der Waals surface area contributed by atoms with Gasteiger partial charge in [-0.05, 0) is 36.2 Å². The van der Waals surface area contributed by atoms with E-state index in [2.05, 4.69) is 5.43 Å². The van der Waals surface area contributed by atoms with Crippen LogP contribution in [-0.4, -0.2) is 29.4 Å². The van der Waals surface area contributed by atoms with Crippen LogP contribution in [0.4, 0.5) is 17.6 Å². The molecule has 2 aromatic carbocycles. The molecule has 0 saturated carbocycles. The number of halogens is 5. The number of rotatable bonds is 2. The molecule has 2 atom stereocenters. The average molecular weight is 440 g/mol. The van der Waals surface area contributed by atoms with Crippen molar-refractivity contribution in [3.05, 3.63) is 81.9 Å². The zero-order valence-corrected chi connectivity index (χ0v) is 16.6. The standard InChI is InChI=1S/C21H18ClF4N3O/c1-28-19(12-5-7-13(23)8-6-12)14-9-10-29(11-17(14)27-28)20(30)15-3-2-4-16(18(15)22)21(24,25)26/h2-8,11,14,19,27H,9-10H2,1H3. The van der Waals surface area contributed by atoms with E-state index in [0.29, 0.717) is 13.0 Å². The van der Waals surface area contributed by atoms with Crippen molar-refractivity contribution < 1.29 is 22.4 Å². The van der Waals surface area contributed by atoms with E-state index in [4.69, 9.17) is 11.6 Å². The highest BCUT2D eigenvalue weighted by Crippen LogP contribution is 2.42. The van der Waals surface area contributed by atoms with Crippen LogP contribution >= 0.6 is 11.6 Å². The third kappa shape index (κ3) is 3.65. The Balaban J connectivity index is 1.60. The van der Waals surface area contributed by atoms with Gasteiger partial charge in [-0.1, -0.05) is 29.8 Å². The molecule has 2 heterocycles. The number of carbonyl (C=O) groups is 1. The van der Waals surface area contributed by atoms with Crippen LogP contribution in [0.3, 0.4) is 0 Å². The van der Waals surface area contributed by atoms with Gasteiger partial charge in [0, 0.05) is 31.4 Å². The van der Waals surface area contributed by atoms with Crippen LogP contribution in [0.1, 0.15) is 33.9 Å². The highest BCUT2D eigenvalue weighted by Gasteiger charge is 2.41. The maximum atomic E-state index is 13.3. The number of hydrazine groups is 1. The molecule has 158 valence electrons. The van der Waals surface area contributed by atoms with Crippen LogP contribution in [0.5, 0.6) is 0 Å². The van der Waals surface area contributed by atoms with Gasteiger partial charge in [0.15, 0.2) is 0 Å². The summed E-state index contributed by atoms with van der Waals surface area (Å²) in [5, 5.41) is 1.28. The monoisotopic (exact) mass is 439 g/mol. The van der Waals surface area contributed by atoms with Crippen molar-refractivity contribution in [3.8, 4) is 0 Å². The normalized spacial score (nSPS) is 21.8. The van der Waals surface area contributed by atoms with Gasteiger partial charge in [0.2, 0.25) is 0 Å². The molecule has 0 spiro atoms. The maximum Gasteiger partial charge on any atom is 0.417 e. The fraction of sp³-hybridized carbons (Fsp3) is 0.286. The van der Waals surface area contributed by atoms with E-state index in [1.54, 1.807) is 18.3 Å². The molecule has 2 aliphatic heterocycles. The molecule has 9 heteroatoms. The molecule has 0 aromatic heterocycles. The molecule has 2 aliphatic rings. The minimum Gasteiger partial charge on any atom is -0.321 e. The van der Waals surface area contributed by atoms with Crippen LogP contribution in [0.2, 0.25) is 5.02 Å². The van der Waals surface area contributed by atoms with Crippen molar-refractivity contribution in [2.75, 3.05) is 13.6 Å². The molecule has 0 bridgehead atoms. The zero-order chi connectivity index (χ0) is 21.6. The fourth-order valence-electron chi connectivity index (χ4n) is 4.09. The third-order valence-corrected chi connectivity index (χ3v) is 5.89. The van der Waals surface area contributed by atoms with Gasteiger partial charge in [-0.2, -0.15) is 13.2 Å². The summed E-state index contributed by atoms with van der Waals surface area (Å²) in [7, 11) is 1.85. The summed E-state index contributed by atoms with van der Waals surface area (Å²) in [6.07, 6.45) is -2.43. The topological polar surface area (TPSA) is 35.6 Å². The second-order valence-electron chi connectivity index (χ2n) is 7.36. The van der Waals surface area contributed by atoms with Crippen molar-refractivity contribution in [2.45, 2.75) is 18.6 Å². The zero-order valence-electron chi connectivity index (χ0n) is 15.9. The molecule has 30 heavy (non-hydrogen) atoms. The van der Waals surface area contributed by atoms with Gasteiger partial charge in [0.05, 0.1) is 22.2 Å². The number of amides is 1. The van der Waals surface area contributed by atoms with Crippen molar-refractivity contribution in [1.82, 2.24) is 15.3 Å². The second kappa shape index (κ2) is 7.59. The summed E-state index contributed by atoms with van der Waals surface area (Å²) < 4.78 is 52.6. The lowest BCUT2D eigenvalue weighted by Gasteiger charge is -2.29. The number of alkyl halides is 3. The quantitative estimate of drug-likeness (QED) is 0.669. The smallest absolute Gasteiger partial charge is 0.321 e. The van der Waals surface area contributed by atoms with Gasteiger partial charge in [-0.3, -0.25) is 4.79 Å².